The molecular weight excluding hydrogens is 220 g/mol. The van der Waals surface area contributed by atoms with E-state index in [0.29, 0.717) is 10.6 Å². The number of halogens is 1. The molecule has 0 aliphatic carbocycles. The minimum Gasteiger partial charge on any atom is -0.445 e. The summed E-state index contributed by atoms with van der Waals surface area (Å²) in [5.41, 5.74) is 0.485. The van der Waals surface area contributed by atoms with Gasteiger partial charge in [-0.1, -0.05) is 29.4 Å². The zero-order valence-corrected chi connectivity index (χ0v) is 9.41. The highest BCUT2D eigenvalue weighted by Gasteiger charge is 2.34. The molecule has 1 aromatic carbocycles. The van der Waals surface area contributed by atoms with E-state index in [9.17, 15) is 4.79 Å². The lowest BCUT2D eigenvalue weighted by molar-refractivity contribution is 0.0275. The van der Waals surface area contributed by atoms with Gasteiger partial charge in [-0.25, -0.2) is 4.79 Å². The second-order valence-corrected chi connectivity index (χ2v) is 5.54. The molecule has 0 spiro atoms. The average Bonchev–Trinajstić information content (AvgIpc) is 2.00. The molecule has 14 heavy (non-hydrogen) atoms. The van der Waals surface area contributed by atoms with Crippen molar-refractivity contribution in [2.75, 3.05) is 0 Å². The molecule has 2 rings (SSSR count). The van der Waals surface area contributed by atoms with Crippen LogP contribution in [0.2, 0.25) is 5.02 Å². The van der Waals surface area contributed by atoms with Gasteiger partial charge in [0.15, 0.2) is 4.93 Å². The first-order valence-electron chi connectivity index (χ1n) is 4.20. The van der Waals surface area contributed by atoms with Crippen LogP contribution in [0.5, 0.6) is 0 Å². The molecule has 74 valence electrons. The fourth-order valence-corrected chi connectivity index (χ4v) is 2.74. The van der Waals surface area contributed by atoms with E-state index in [1.807, 2.05) is 26.0 Å². The second-order valence-electron chi connectivity index (χ2n) is 3.50. The predicted octanol–water partition coefficient (Wildman–Crippen LogP) is 3.34. The van der Waals surface area contributed by atoms with Gasteiger partial charge in [0, 0.05) is 4.90 Å². The van der Waals surface area contributed by atoms with Crippen molar-refractivity contribution in [3.8, 4) is 0 Å². The average molecular weight is 229 g/mol. The fourth-order valence-electron chi connectivity index (χ4n) is 1.35. The maximum atomic E-state index is 11.6. The number of rotatable bonds is 0. The highest BCUT2D eigenvalue weighted by molar-refractivity contribution is 8.00. The van der Waals surface area contributed by atoms with Crippen LogP contribution in [0, 0.1) is 0 Å². The summed E-state index contributed by atoms with van der Waals surface area (Å²) in [5.74, 6) is -0.339. The van der Waals surface area contributed by atoms with Gasteiger partial charge in [-0.05, 0) is 26.0 Å². The zero-order chi connectivity index (χ0) is 10.3. The zero-order valence-electron chi connectivity index (χ0n) is 7.83. The molecule has 0 fully saturated rings. The van der Waals surface area contributed by atoms with Gasteiger partial charge in [-0.2, -0.15) is 0 Å². The summed E-state index contributed by atoms with van der Waals surface area (Å²) < 4.78 is 5.22. The Morgan fingerprint density at radius 2 is 2.14 bits per heavy atom. The molecular formula is C10H9ClO2S. The van der Waals surface area contributed by atoms with Crippen LogP contribution < -0.4 is 0 Å². The van der Waals surface area contributed by atoms with Gasteiger partial charge in [-0.15, -0.1) is 0 Å². The fraction of sp³-hybridized carbons (Fsp3) is 0.300. The number of benzene rings is 1. The molecule has 0 bridgehead atoms. The first kappa shape index (κ1) is 9.87. The van der Waals surface area contributed by atoms with Crippen LogP contribution in [0.3, 0.4) is 0 Å². The molecule has 1 aliphatic rings. The highest BCUT2D eigenvalue weighted by atomic mass is 35.5. The number of carbonyl (C=O) groups is 1. The Morgan fingerprint density at radius 1 is 1.43 bits per heavy atom. The van der Waals surface area contributed by atoms with E-state index in [1.54, 1.807) is 6.07 Å². The molecule has 0 N–H and O–H groups in total. The minimum absolute atomic E-state index is 0.339. The van der Waals surface area contributed by atoms with Crippen LogP contribution in [-0.4, -0.2) is 10.9 Å². The summed E-state index contributed by atoms with van der Waals surface area (Å²) in [7, 11) is 0. The van der Waals surface area contributed by atoms with Crippen molar-refractivity contribution >= 4 is 29.3 Å². The molecule has 0 radical (unpaired) electrons. The summed E-state index contributed by atoms with van der Waals surface area (Å²) in [4.78, 5) is 12.0. The van der Waals surface area contributed by atoms with Gasteiger partial charge >= 0.3 is 5.97 Å². The highest BCUT2D eigenvalue weighted by Crippen LogP contribution is 2.42. The number of ether oxygens (including phenoxy) is 1. The van der Waals surface area contributed by atoms with E-state index in [-0.39, 0.29) is 5.97 Å². The smallest absolute Gasteiger partial charge is 0.342 e. The number of cyclic esters (lactones) is 1. The van der Waals surface area contributed by atoms with Crippen LogP contribution in [0.1, 0.15) is 24.2 Å². The lowest BCUT2D eigenvalue weighted by Crippen LogP contribution is -2.29. The van der Waals surface area contributed by atoms with Crippen molar-refractivity contribution in [3.63, 3.8) is 0 Å². The van der Waals surface area contributed by atoms with Crippen LogP contribution in [0.15, 0.2) is 23.1 Å². The van der Waals surface area contributed by atoms with Gasteiger partial charge in [-0.3, -0.25) is 0 Å². The van der Waals surface area contributed by atoms with Gasteiger partial charge in [0.1, 0.15) is 0 Å². The maximum absolute atomic E-state index is 11.6. The number of thioether (sulfide) groups is 1. The van der Waals surface area contributed by atoms with E-state index < -0.39 is 4.93 Å². The van der Waals surface area contributed by atoms with Crippen LogP contribution >= 0.6 is 23.4 Å². The van der Waals surface area contributed by atoms with Crippen LogP contribution in [0.4, 0.5) is 0 Å². The first-order chi connectivity index (χ1) is 6.49. The summed E-state index contributed by atoms with van der Waals surface area (Å²) in [6, 6.07) is 5.41. The summed E-state index contributed by atoms with van der Waals surface area (Å²) in [6.07, 6.45) is 0. The Kier molecular flexibility index (Phi) is 2.24. The van der Waals surface area contributed by atoms with E-state index in [0.717, 1.165) is 4.90 Å². The van der Waals surface area contributed by atoms with Crippen molar-refractivity contribution in [2.45, 2.75) is 23.7 Å². The Labute approximate surface area is 91.6 Å². The molecule has 4 heteroatoms. The number of hydrogen-bond donors (Lipinski definition) is 0. The van der Waals surface area contributed by atoms with Crippen LogP contribution in [-0.2, 0) is 4.74 Å². The van der Waals surface area contributed by atoms with Gasteiger partial charge < -0.3 is 4.74 Å². The monoisotopic (exact) mass is 228 g/mol. The lowest BCUT2D eigenvalue weighted by atomic mass is 10.2. The minimum atomic E-state index is -0.505. The Bertz CT molecular complexity index is 401. The van der Waals surface area contributed by atoms with E-state index in [4.69, 9.17) is 16.3 Å². The van der Waals surface area contributed by atoms with Crippen molar-refractivity contribution in [1.29, 1.82) is 0 Å². The number of esters is 1. The van der Waals surface area contributed by atoms with E-state index in [1.165, 1.54) is 11.8 Å². The summed E-state index contributed by atoms with van der Waals surface area (Å²) in [6.45, 7) is 3.72. The third-order valence-electron chi connectivity index (χ3n) is 1.87. The molecule has 1 aliphatic heterocycles. The van der Waals surface area contributed by atoms with Crippen molar-refractivity contribution in [3.05, 3.63) is 28.8 Å². The SMILES string of the molecule is CC1(C)OC(=O)c2c(Cl)cccc2S1. The predicted molar refractivity (Wildman–Crippen MR) is 56.8 cm³/mol. The number of hydrogen-bond acceptors (Lipinski definition) is 3. The quantitative estimate of drug-likeness (QED) is 0.637. The summed E-state index contributed by atoms with van der Waals surface area (Å²) >= 11 is 7.42. The molecule has 0 amide bonds. The summed E-state index contributed by atoms with van der Waals surface area (Å²) in [5, 5.41) is 0.454. The lowest BCUT2D eigenvalue weighted by Gasteiger charge is -2.30. The third kappa shape index (κ3) is 1.62. The molecule has 2 nitrogen and oxygen atoms in total. The van der Waals surface area contributed by atoms with Crippen molar-refractivity contribution in [1.82, 2.24) is 0 Å². The largest absolute Gasteiger partial charge is 0.445 e. The van der Waals surface area contributed by atoms with E-state index in [2.05, 4.69) is 0 Å². The Morgan fingerprint density at radius 3 is 2.86 bits per heavy atom. The van der Waals surface area contributed by atoms with Gasteiger partial charge in [0.2, 0.25) is 0 Å². The molecule has 0 aromatic heterocycles. The molecule has 0 saturated carbocycles. The second kappa shape index (κ2) is 3.17. The van der Waals surface area contributed by atoms with Crippen LogP contribution in [0.25, 0.3) is 0 Å². The maximum Gasteiger partial charge on any atom is 0.342 e. The Hall–Kier alpha value is -0.670. The molecule has 0 saturated heterocycles. The van der Waals surface area contributed by atoms with Crippen molar-refractivity contribution in [2.24, 2.45) is 0 Å². The number of fused-ring (bicyclic) bond motifs is 1. The normalized spacial score (nSPS) is 18.6. The molecule has 0 atom stereocenters. The van der Waals surface area contributed by atoms with Gasteiger partial charge in [0.05, 0.1) is 10.6 Å². The van der Waals surface area contributed by atoms with E-state index >= 15 is 0 Å². The molecule has 0 unspecified atom stereocenters. The van der Waals surface area contributed by atoms with Gasteiger partial charge in [0.25, 0.3) is 0 Å². The molecule has 1 heterocycles. The van der Waals surface area contributed by atoms with Crippen molar-refractivity contribution < 1.29 is 9.53 Å². The topological polar surface area (TPSA) is 26.3 Å². The Balaban J connectivity index is 2.56. The standard InChI is InChI=1S/C10H9ClO2S/c1-10(2)13-9(12)8-6(11)4-3-5-7(8)14-10/h3-5H,1-2H3. The number of carbonyl (C=O) groups excluding carboxylic acids is 1. The first-order valence-corrected chi connectivity index (χ1v) is 5.40. The molecule has 1 aromatic rings. The third-order valence-corrected chi connectivity index (χ3v) is 3.32.